The van der Waals surface area contributed by atoms with Gasteiger partial charge < -0.3 is 5.32 Å². The first-order valence-corrected chi connectivity index (χ1v) is 7.14. The second-order valence-corrected chi connectivity index (χ2v) is 5.48. The number of hydrogen-bond donors (Lipinski definition) is 1. The second-order valence-electron chi connectivity index (χ2n) is 4.64. The van der Waals surface area contributed by atoms with Gasteiger partial charge in [0.2, 0.25) is 0 Å². The van der Waals surface area contributed by atoms with Crippen LogP contribution in [-0.4, -0.2) is 0 Å². The summed E-state index contributed by atoms with van der Waals surface area (Å²) in [5.41, 5.74) is 3.43. The molecule has 19 heavy (non-hydrogen) atoms. The average Bonchev–Trinajstić information content (AvgIpc) is 2.39. The number of benzene rings is 2. The number of anilines is 1. The van der Waals surface area contributed by atoms with E-state index in [0.29, 0.717) is 10.0 Å². The Hall–Kier alpha value is -1.18. The Morgan fingerprint density at radius 1 is 1.05 bits per heavy atom. The summed E-state index contributed by atoms with van der Waals surface area (Å²) in [5, 5.41) is 4.88. The van der Waals surface area contributed by atoms with Gasteiger partial charge in [-0.05, 0) is 43.2 Å². The predicted octanol–water partition coefficient (Wildman–Crippen LogP) is 5.87. The summed E-state index contributed by atoms with van der Waals surface area (Å²) in [4.78, 5) is 0. The molecule has 0 aliphatic rings. The van der Waals surface area contributed by atoms with Crippen molar-refractivity contribution in [3.8, 4) is 0 Å². The van der Waals surface area contributed by atoms with Gasteiger partial charge in [-0.3, -0.25) is 0 Å². The lowest BCUT2D eigenvalue weighted by Crippen LogP contribution is -2.10. The Labute approximate surface area is 124 Å². The molecule has 0 aromatic heterocycles. The van der Waals surface area contributed by atoms with E-state index in [1.807, 2.05) is 12.1 Å². The Bertz CT molecular complexity index is 549. The van der Waals surface area contributed by atoms with Crippen LogP contribution >= 0.6 is 23.2 Å². The quantitative estimate of drug-likeness (QED) is 0.744. The van der Waals surface area contributed by atoms with Gasteiger partial charge in [-0.25, -0.2) is 0 Å². The van der Waals surface area contributed by atoms with Crippen molar-refractivity contribution in [2.75, 3.05) is 5.32 Å². The largest absolute Gasteiger partial charge is 0.378 e. The third-order valence-electron chi connectivity index (χ3n) is 3.14. The number of rotatable bonds is 4. The van der Waals surface area contributed by atoms with Crippen LogP contribution in [-0.2, 0) is 0 Å². The van der Waals surface area contributed by atoms with Crippen LogP contribution in [0, 0.1) is 6.92 Å². The lowest BCUT2D eigenvalue weighted by Gasteiger charge is -2.20. The number of hydrogen-bond acceptors (Lipinski definition) is 1. The fraction of sp³-hybridized carbons (Fsp3) is 0.250. The molecule has 0 aliphatic carbocycles. The lowest BCUT2D eigenvalue weighted by molar-refractivity contribution is 0.749. The lowest BCUT2D eigenvalue weighted by atomic mass is 10.0. The minimum atomic E-state index is 0.187. The van der Waals surface area contributed by atoms with Crippen molar-refractivity contribution in [1.29, 1.82) is 0 Å². The van der Waals surface area contributed by atoms with E-state index >= 15 is 0 Å². The van der Waals surface area contributed by atoms with E-state index in [2.05, 4.69) is 43.4 Å². The van der Waals surface area contributed by atoms with Crippen LogP contribution < -0.4 is 5.32 Å². The molecule has 0 saturated heterocycles. The zero-order valence-electron chi connectivity index (χ0n) is 11.1. The van der Waals surface area contributed by atoms with Crippen molar-refractivity contribution in [1.82, 2.24) is 0 Å². The first-order chi connectivity index (χ1) is 9.10. The van der Waals surface area contributed by atoms with Crippen molar-refractivity contribution in [3.05, 3.63) is 63.6 Å². The first-order valence-electron chi connectivity index (χ1n) is 6.38. The summed E-state index contributed by atoms with van der Waals surface area (Å²) in [6.07, 6.45) is 0.954. The average molecular weight is 294 g/mol. The monoisotopic (exact) mass is 293 g/mol. The third kappa shape index (κ3) is 3.65. The van der Waals surface area contributed by atoms with Gasteiger partial charge in [0.15, 0.2) is 0 Å². The molecule has 0 saturated carbocycles. The van der Waals surface area contributed by atoms with Crippen LogP contribution in [0.1, 0.15) is 30.5 Å². The molecule has 2 aromatic carbocycles. The maximum Gasteiger partial charge on any atom is 0.0525 e. The maximum absolute atomic E-state index is 6.27. The van der Waals surface area contributed by atoms with E-state index in [1.165, 1.54) is 5.56 Å². The molecule has 0 bridgehead atoms. The highest BCUT2D eigenvalue weighted by molar-refractivity contribution is 6.35. The molecule has 1 nitrogen and oxygen atoms in total. The standard InChI is InChI=1S/C16H17Cl2N/c1-3-16(14-9-6-12(17)10-15(14)18)19-13-7-4-11(2)5-8-13/h4-10,16,19H,3H2,1-2H3. The maximum atomic E-state index is 6.27. The first kappa shape index (κ1) is 14.2. The molecule has 0 aliphatic heterocycles. The fourth-order valence-corrected chi connectivity index (χ4v) is 2.58. The molecule has 1 N–H and O–H groups in total. The summed E-state index contributed by atoms with van der Waals surface area (Å²) >= 11 is 12.2. The number of aryl methyl sites for hydroxylation is 1. The van der Waals surface area contributed by atoms with Crippen LogP contribution in [0.3, 0.4) is 0 Å². The molecule has 0 fully saturated rings. The summed E-state index contributed by atoms with van der Waals surface area (Å²) in [6.45, 7) is 4.22. The topological polar surface area (TPSA) is 12.0 Å². The third-order valence-corrected chi connectivity index (χ3v) is 3.70. The molecule has 3 heteroatoms. The summed E-state index contributed by atoms with van der Waals surface area (Å²) in [6, 6.07) is 14.2. The van der Waals surface area contributed by atoms with Gasteiger partial charge in [0.25, 0.3) is 0 Å². The Kier molecular flexibility index (Phi) is 4.73. The van der Waals surface area contributed by atoms with E-state index in [9.17, 15) is 0 Å². The highest BCUT2D eigenvalue weighted by atomic mass is 35.5. The van der Waals surface area contributed by atoms with E-state index < -0.39 is 0 Å². The van der Waals surface area contributed by atoms with Crippen LogP contribution in [0.25, 0.3) is 0 Å². The van der Waals surface area contributed by atoms with Crippen molar-refractivity contribution in [3.63, 3.8) is 0 Å². The van der Waals surface area contributed by atoms with E-state index in [4.69, 9.17) is 23.2 Å². The van der Waals surface area contributed by atoms with E-state index in [1.54, 1.807) is 6.07 Å². The summed E-state index contributed by atoms with van der Waals surface area (Å²) < 4.78 is 0. The Morgan fingerprint density at radius 2 is 1.74 bits per heavy atom. The fourth-order valence-electron chi connectivity index (χ4n) is 2.03. The van der Waals surface area contributed by atoms with Gasteiger partial charge in [0.05, 0.1) is 6.04 Å². The molecular weight excluding hydrogens is 277 g/mol. The van der Waals surface area contributed by atoms with Crippen molar-refractivity contribution in [2.24, 2.45) is 0 Å². The van der Waals surface area contributed by atoms with Gasteiger partial charge >= 0.3 is 0 Å². The molecule has 1 unspecified atom stereocenters. The summed E-state index contributed by atoms with van der Waals surface area (Å²) in [7, 11) is 0. The van der Waals surface area contributed by atoms with Crippen molar-refractivity contribution in [2.45, 2.75) is 26.3 Å². The van der Waals surface area contributed by atoms with Crippen LogP contribution in [0.5, 0.6) is 0 Å². The molecule has 2 rings (SSSR count). The van der Waals surface area contributed by atoms with Gasteiger partial charge in [-0.1, -0.05) is 53.9 Å². The van der Waals surface area contributed by atoms with Crippen molar-refractivity contribution < 1.29 is 0 Å². The van der Waals surface area contributed by atoms with Crippen LogP contribution in [0.15, 0.2) is 42.5 Å². The number of nitrogens with one attached hydrogen (secondary N) is 1. The molecule has 0 radical (unpaired) electrons. The van der Waals surface area contributed by atoms with Gasteiger partial charge in [0.1, 0.15) is 0 Å². The Morgan fingerprint density at radius 3 is 2.32 bits per heavy atom. The van der Waals surface area contributed by atoms with E-state index in [-0.39, 0.29) is 6.04 Å². The highest BCUT2D eigenvalue weighted by Crippen LogP contribution is 2.30. The van der Waals surface area contributed by atoms with Crippen molar-refractivity contribution >= 4 is 28.9 Å². The number of halogens is 2. The molecule has 0 amide bonds. The predicted molar refractivity (Wildman–Crippen MR) is 84.3 cm³/mol. The molecule has 1 atom stereocenters. The van der Waals surface area contributed by atoms with Gasteiger partial charge in [-0.2, -0.15) is 0 Å². The second kappa shape index (κ2) is 6.31. The zero-order chi connectivity index (χ0) is 13.8. The molecular formula is C16H17Cl2N. The smallest absolute Gasteiger partial charge is 0.0525 e. The SMILES string of the molecule is CCC(Nc1ccc(C)cc1)c1ccc(Cl)cc1Cl. The highest BCUT2D eigenvalue weighted by Gasteiger charge is 2.13. The molecule has 2 aromatic rings. The van der Waals surface area contributed by atoms with Crippen LogP contribution in [0.4, 0.5) is 5.69 Å². The summed E-state index contributed by atoms with van der Waals surface area (Å²) in [5.74, 6) is 0. The Balaban J connectivity index is 2.22. The van der Waals surface area contributed by atoms with Gasteiger partial charge in [0, 0.05) is 15.7 Å². The van der Waals surface area contributed by atoms with Gasteiger partial charge in [-0.15, -0.1) is 0 Å². The molecule has 0 spiro atoms. The molecule has 100 valence electrons. The minimum Gasteiger partial charge on any atom is -0.378 e. The van der Waals surface area contributed by atoms with E-state index in [0.717, 1.165) is 17.7 Å². The molecule has 0 heterocycles. The van der Waals surface area contributed by atoms with Crippen LogP contribution in [0.2, 0.25) is 10.0 Å². The zero-order valence-corrected chi connectivity index (χ0v) is 12.6. The minimum absolute atomic E-state index is 0.187. The normalized spacial score (nSPS) is 12.2.